The number of nitrogens with zero attached hydrogens (tertiary/aromatic N) is 2. The summed E-state index contributed by atoms with van der Waals surface area (Å²) in [5, 5.41) is 3.70. The number of nitrogens with one attached hydrogen (secondary N) is 1. The van der Waals surface area contributed by atoms with Crippen molar-refractivity contribution >= 4 is 21.6 Å². The average Bonchev–Trinajstić information content (AvgIpc) is 2.96. The third-order valence-corrected chi connectivity index (χ3v) is 6.05. The van der Waals surface area contributed by atoms with E-state index in [1.807, 2.05) is 35.7 Å². The second-order valence-corrected chi connectivity index (χ2v) is 11.8. The number of anilines is 1. The second-order valence-electron chi connectivity index (χ2n) is 9.95. The fourth-order valence-corrected chi connectivity index (χ4v) is 4.57. The van der Waals surface area contributed by atoms with Crippen LogP contribution in [0.5, 0.6) is 5.75 Å². The van der Waals surface area contributed by atoms with E-state index in [9.17, 15) is 8.42 Å². The highest BCUT2D eigenvalue weighted by atomic mass is 32.2. The standard InChI is InChI=1S/C24H33N3O3S/c1-8-31(28,29)30-19-11-9-10-18(15-19)21-22(26-24(6,7)16-23(3,4)5)27-13-12-17(2)14-20(27)25-21/h9-15,26H,8,16H2,1-7H3. The van der Waals surface area contributed by atoms with Gasteiger partial charge < -0.3 is 9.50 Å². The molecule has 168 valence electrons. The number of pyridine rings is 1. The molecule has 31 heavy (non-hydrogen) atoms. The summed E-state index contributed by atoms with van der Waals surface area (Å²) in [7, 11) is -3.60. The molecule has 3 aromatic rings. The number of aromatic nitrogens is 2. The first-order chi connectivity index (χ1) is 14.3. The summed E-state index contributed by atoms with van der Waals surface area (Å²) in [6, 6.07) is 11.2. The number of fused-ring (bicyclic) bond motifs is 1. The smallest absolute Gasteiger partial charge is 0.308 e. The van der Waals surface area contributed by atoms with E-state index in [1.54, 1.807) is 25.1 Å². The van der Waals surface area contributed by atoms with Gasteiger partial charge in [-0.15, -0.1) is 0 Å². The van der Waals surface area contributed by atoms with Gasteiger partial charge in [-0.05, 0) is 69.4 Å². The van der Waals surface area contributed by atoms with Crippen molar-refractivity contribution in [3.63, 3.8) is 0 Å². The Kier molecular flexibility index (Phi) is 6.11. The number of benzene rings is 1. The van der Waals surface area contributed by atoms with Crippen LogP contribution in [0.15, 0.2) is 42.6 Å². The van der Waals surface area contributed by atoms with Gasteiger partial charge in [0.1, 0.15) is 22.9 Å². The van der Waals surface area contributed by atoms with E-state index in [4.69, 9.17) is 9.17 Å². The molecule has 0 aliphatic rings. The van der Waals surface area contributed by atoms with E-state index in [-0.39, 0.29) is 22.5 Å². The normalized spacial score (nSPS) is 12.9. The van der Waals surface area contributed by atoms with Gasteiger partial charge in [-0.2, -0.15) is 8.42 Å². The molecule has 0 aliphatic heterocycles. The molecule has 0 amide bonds. The molecular weight excluding hydrogens is 410 g/mol. The predicted octanol–water partition coefficient (Wildman–Crippen LogP) is 5.66. The first kappa shape index (κ1) is 23.1. The molecule has 7 heteroatoms. The van der Waals surface area contributed by atoms with Crippen LogP contribution in [-0.4, -0.2) is 29.1 Å². The van der Waals surface area contributed by atoms with E-state index in [0.29, 0.717) is 0 Å². The summed E-state index contributed by atoms with van der Waals surface area (Å²) in [6.07, 6.45) is 2.97. The van der Waals surface area contributed by atoms with Crippen LogP contribution in [0.2, 0.25) is 0 Å². The zero-order chi connectivity index (χ0) is 23.0. The second kappa shape index (κ2) is 8.19. The van der Waals surface area contributed by atoms with Crippen LogP contribution in [-0.2, 0) is 10.1 Å². The molecule has 0 aliphatic carbocycles. The van der Waals surface area contributed by atoms with Crippen LogP contribution in [0, 0.1) is 12.3 Å². The lowest BCUT2D eigenvalue weighted by atomic mass is 9.82. The Bertz CT molecular complexity index is 1190. The maximum atomic E-state index is 11.9. The van der Waals surface area contributed by atoms with Crippen LogP contribution in [0.4, 0.5) is 5.82 Å². The van der Waals surface area contributed by atoms with Crippen molar-refractivity contribution in [2.45, 2.75) is 60.4 Å². The zero-order valence-corrected chi connectivity index (χ0v) is 20.3. The highest BCUT2D eigenvalue weighted by Crippen LogP contribution is 2.36. The average molecular weight is 444 g/mol. The minimum Gasteiger partial charge on any atom is -0.382 e. The number of aryl methyl sites for hydroxylation is 1. The molecule has 2 aromatic heterocycles. The van der Waals surface area contributed by atoms with Crippen molar-refractivity contribution in [1.29, 1.82) is 0 Å². The largest absolute Gasteiger partial charge is 0.382 e. The van der Waals surface area contributed by atoms with Crippen LogP contribution >= 0.6 is 0 Å². The lowest BCUT2D eigenvalue weighted by molar-refractivity contribution is 0.302. The van der Waals surface area contributed by atoms with Gasteiger partial charge in [0.25, 0.3) is 0 Å². The molecule has 0 saturated carbocycles. The van der Waals surface area contributed by atoms with Gasteiger partial charge in [-0.25, -0.2) is 4.98 Å². The number of hydrogen-bond acceptors (Lipinski definition) is 5. The summed E-state index contributed by atoms with van der Waals surface area (Å²) in [5.74, 6) is 1.07. The summed E-state index contributed by atoms with van der Waals surface area (Å²) in [4.78, 5) is 4.88. The Morgan fingerprint density at radius 3 is 2.45 bits per heavy atom. The van der Waals surface area contributed by atoms with Crippen molar-refractivity contribution in [3.05, 3.63) is 48.2 Å². The van der Waals surface area contributed by atoms with Crippen LogP contribution in [0.25, 0.3) is 16.9 Å². The lowest BCUT2D eigenvalue weighted by Crippen LogP contribution is -2.36. The maximum Gasteiger partial charge on any atom is 0.308 e. The third-order valence-electron chi connectivity index (χ3n) is 4.89. The van der Waals surface area contributed by atoms with Gasteiger partial charge in [0.15, 0.2) is 0 Å². The Hall–Kier alpha value is -2.54. The number of rotatable bonds is 7. The van der Waals surface area contributed by atoms with Crippen molar-refractivity contribution in [2.75, 3.05) is 11.1 Å². The van der Waals surface area contributed by atoms with E-state index in [0.717, 1.165) is 34.7 Å². The topological polar surface area (TPSA) is 72.7 Å². The highest BCUT2D eigenvalue weighted by molar-refractivity contribution is 7.87. The summed E-state index contributed by atoms with van der Waals surface area (Å²) in [6.45, 7) is 14.6. The third kappa shape index (κ3) is 5.79. The van der Waals surface area contributed by atoms with E-state index < -0.39 is 10.1 Å². The Morgan fingerprint density at radius 1 is 1.10 bits per heavy atom. The molecule has 1 N–H and O–H groups in total. The number of imidazole rings is 1. The van der Waals surface area contributed by atoms with E-state index >= 15 is 0 Å². The fourth-order valence-electron chi connectivity index (χ4n) is 4.06. The molecule has 0 unspecified atom stereocenters. The molecule has 0 saturated heterocycles. The molecule has 2 heterocycles. The van der Waals surface area contributed by atoms with Gasteiger partial charge in [0.2, 0.25) is 0 Å². The molecule has 6 nitrogen and oxygen atoms in total. The first-order valence-electron chi connectivity index (χ1n) is 10.6. The first-order valence-corrected chi connectivity index (χ1v) is 12.2. The minimum absolute atomic E-state index is 0.0847. The van der Waals surface area contributed by atoms with E-state index in [2.05, 4.69) is 39.9 Å². The van der Waals surface area contributed by atoms with Gasteiger partial charge >= 0.3 is 10.1 Å². The maximum absolute atomic E-state index is 11.9. The minimum atomic E-state index is -3.60. The van der Waals surface area contributed by atoms with Crippen LogP contribution in [0.3, 0.4) is 0 Å². The lowest BCUT2D eigenvalue weighted by Gasteiger charge is -2.34. The van der Waals surface area contributed by atoms with Gasteiger partial charge in [-0.3, -0.25) is 4.40 Å². The fraction of sp³-hybridized carbons (Fsp3) is 0.458. The van der Waals surface area contributed by atoms with Crippen molar-refractivity contribution in [1.82, 2.24) is 9.38 Å². The summed E-state index contributed by atoms with van der Waals surface area (Å²) < 4.78 is 31.1. The molecule has 1 aromatic carbocycles. The van der Waals surface area contributed by atoms with Crippen molar-refractivity contribution in [3.8, 4) is 17.0 Å². The molecule has 0 spiro atoms. The molecule has 0 atom stereocenters. The molecule has 0 bridgehead atoms. The monoisotopic (exact) mass is 443 g/mol. The quantitative estimate of drug-likeness (QED) is 0.477. The van der Waals surface area contributed by atoms with Crippen LogP contribution < -0.4 is 9.50 Å². The van der Waals surface area contributed by atoms with Crippen LogP contribution in [0.1, 0.15) is 53.5 Å². The summed E-state index contributed by atoms with van der Waals surface area (Å²) in [5.41, 5.74) is 3.46. The Labute approximate surface area is 185 Å². The molecule has 3 rings (SSSR count). The van der Waals surface area contributed by atoms with Crippen molar-refractivity contribution < 1.29 is 12.6 Å². The van der Waals surface area contributed by atoms with Crippen molar-refractivity contribution in [2.24, 2.45) is 5.41 Å². The predicted molar refractivity (Wildman–Crippen MR) is 127 cm³/mol. The summed E-state index contributed by atoms with van der Waals surface area (Å²) >= 11 is 0. The van der Waals surface area contributed by atoms with E-state index in [1.165, 1.54) is 0 Å². The van der Waals surface area contributed by atoms with Gasteiger partial charge in [-0.1, -0.05) is 32.9 Å². The Balaban J connectivity index is 2.11. The van der Waals surface area contributed by atoms with Gasteiger partial charge in [0.05, 0.1) is 5.75 Å². The van der Waals surface area contributed by atoms with Gasteiger partial charge in [0, 0.05) is 17.3 Å². The molecule has 0 radical (unpaired) electrons. The SMILES string of the molecule is CCS(=O)(=O)Oc1cccc(-c2nc3cc(C)ccn3c2NC(C)(C)CC(C)(C)C)c1. The molecular formula is C24H33N3O3S. The zero-order valence-electron chi connectivity index (χ0n) is 19.5. The highest BCUT2D eigenvalue weighted by Gasteiger charge is 2.28. The number of hydrogen-bond donors (Lipinski definition) is 1. The molecule has 0 fully saturated rings. The Morgan fingerprint density at radius 2 is 1.81 bits per heavy atom.